The van der Waals surface area contributed by atoms with Crippen molar-refractivity contribution in [1.29, 1.82) is 0 Å². The van der Waals surface area contributed by atoms with E-state index in [1.165, 1.54) is 4.90 Å². The highest BCUT2D eigenvalue weighted by Crippen LogP contribution is 2.33. The van der Waals surface area contributed by atoms with E-state index in [1.54, 1.807) is 31.2 Å². The average molecular weight is 336 g/mol. The fraction of sp³-hybridized carbons (Fsp3) is 0.214. The van der Waals surface area contributed by atoms with Gasteiger partial charge in [-0.1, -0.05) is 36.1 Å². The third kappa shape index (κ3) is 3.58. The van der Waals surface area contributed by atoms with Crippen molar-refractivity contribution < 1.29 is 14.7 Å². The van der Waals surface area contributed by atoms with Crippen LogP contribution in [0.4, 0.5) is 5.69 Å². The van der Waals surface area contributed by atoms with Crippen molar-refractivity contribution >= 4 is 51.9 Å². The summed E-state index contributed by atoms with van der Waals surface area (Å²) >= 11 is 6.21. The van der Waals surface area contributed by atoms with E-state index in [1.807, 2.05) is 0 Å². The Labute approximate surface area is 136 Å². The van der Waals surface area contributed by atoms with Gasteiger partial charge in [0.2, 0.25) is 0 Å². The minimum Gasteiger partial charge on any atom is -0.481 e. The number of amides is 1. The molecule has 1 aromatic rings. The molecule has 1 fully saturated rings. The van der Waals surface area contributed by atoms with Gasteiger partial charge in [-0.05, 0) is 35.4 Å². The standard InChI is InChI=1S/C14H12N2O4S2/c1-8-2-3-9(6-10(8)15-20)7-11-13(19)16(14(21)22-11)5-4-12(17)18/h2-3,6-7H,4-5H2,1H3,(H,17,18)/b11-7-. The van der Waals surface area contributed by atoms with Gasteiger partial charge in [0.1, 0.15) is 10.0 Å². The van der Waals surface area contributed by atoms with Crippen LogP contribution in [0, 0.1) is 11.8 Å². The molecule has 2 rings (SSSR count). The normalized spacial score (nSPS) is 16.4. The van der Waals surface area contributed by atoms with Gasteiger partial charge in [-0.2, -0.15) is 0 Å². The van der Waals surface area contributed by atoms with Gasteiger partial charge in [0.25, 0.3) is 5.91 Å². The Morgan fingerprint density at radius 1 is 1.50 bits per heavy atom. The number of hydrogen-bond donors (Lipinski definition) is 1. The Balaban J connectivity index is 2.22. The summed E-state index contributed by atoms with van der Waals surface area (Å²) in [5.74, 6) is -1.31. The molecule has 1 aromatic carbocycles. The van der Waals surface area contributed by atoms with Crippen LogP contribution in [0.5, 0.6) is 0 Å². The number of aliphatic carboxylic acids is 1. The molecule has 1 N–H and O–H groups in total. The number of benzene rings is 1. The zero-order valence-corrected chi connectivity index (χ0v) is 13.2. The van der Waals surface area contributed by atoms with Gasteiger partial charge in [-0.3, -0.25) is 14.5 Å². The summed E-state index contributed by atoms with van der Waals surface area (Å²) in [6.07, 6.45) is 1.46. The summed E-state index contributed by atoms with van der Waals surface area (Å²) in [6, 6.07) is 5.10. The van der Waals surface area contributed by atoms with E-state index < -0.39 is 5.97 Å². The first-order chi connectivity index (χ1) is 10.4. The van der Waals surface area contributed by atoms with E-state index in [2.05, 4.69) is 5.18 Å². The topological polar surface area (TPSA) is 87.0 Å². The van der Waals surface area contributed by atoms with Gasteiger partial charge in [-0.15, -0.1) is 4.91 Å². The summed E-state index contributed by atoms with van der Waals surface area (Å²) in [5.41, 5.74) is 1.73. The quantitative estimate of drug-likeness (QED) is 0.505. The number of thiocarbonyl (C=S) groups is 1. The third-order valence-corrected chi connectivity index (χ3v) is 4.43. The molecule has 1 aliphatic rings. The van der Waals surface area contributed by atoms with Crippen molar-refractivity contribution in [2.75, 3.05) is 6.54 Å². The Hall–Kier alpha value is -2.06. The van der Waals surface area contributed by atoms with Crippen molar-refractivity contribution in [1.82, 2.24) is 4.90 Å². The summed E-state index contributed by atoms with van der Waals surface area (Å²) in [4.78, 5) is 35.2. The van der Waals surface area contributed by atoms with E-state index in [4.69, 9.17) is 17.3 Å². The molecule has 0 radical (unpaired) electrons. The first kappa shape index (κ1) is 16.3. The summed E-state index contributed by atoms with van der Waals surface area (Å²) in [6.45, 7) is 1.82. The van der Waals surface area contributed by atoms with Crippen LogP contribution in [-0.4, -0.2) is 32.7 Å². The molecule has 0 bridgehead atoms. The molecule has 0 unspecified atom stereocenters. The summed E-state index contributed by atoms with van der Waals surface area (Å²) in [7, 11) is 0. The number of nitrogens with zero attached hydrogens (tertiary/aromatic N) is 2. The Morgan fingerprint density at radius 2 is 2.23 bits per heavy atom. The molecular formula is C14H12N2O4S2. The van der Waals surface area contributed by atoms with Crippen LogP contribution in [-0.2, 0) is 9.59 Å². The molecule has 0 aromatic heterocycles. The lowest BCUT2D eigenvalue weighted by atomic mass is 10.1. The second kappa shape index (κ2) is 6.80. The monoisotopic (exact) mass is 336 g/mol. The second-order valence-corrected chi connectivity index (χ2v) is 6.29. The number of nitroso groups, excluding NO2 is 1. The lowest BCUT2D eigenvalue weighted by molar-refractivity contribution is -0.137. The number of carbonyl (C=O) groups excluding carboxylic acids is 1. The molecule has 0 atom stereocenters. The molecule has 0 spiro atoms. The lowest BCUT2D eigenvalue weighted by Crippen LogP contribution is -2.30. The molecular weight excluding hydrogens is 324 g/mol. The van der Waals surface area contributed by atoms with Gasteiger partial charge in [-0.25, -0.2) is 0 Å². The first-order valence-corrected chi connectivity index (χ1v) is 7.56. The fourth-order valence-corrected chi connectivity index (χ4v) is 3.17. The SMILES string of the molecule is Cc1ccc(/C=C2\SC(=S)N(CCC(=O)O)C2=O)cc1N=O. The van der Waals surface area contributed by atoms with Gasteiger partial charge in [0.05, 0.1) is 11.3 Å². The molecule has 1 amide bonds. The van der Waals surface area contributed by atoms with Crippen LogP contribution in [0.3, 0.4) is 0 Å². The summed E-state index contributed by atoms with van der Waals surface area (Å²) in [5, 5.41) is 11.6. The number of carboxylic acids is 1. The number of carboxylic acid groups (broad SMARTS) is 1. The van der Waals surface area contributed by atoms with Crippen molar-refractivity contribution in [3.05, 3.63) is 39.1 Å². The maximum atomic E-state index is 12.2. The van der Waals surface area contributed by atoms with Crippen LogP contribution in [0.2, 0.25) is 0 Å². The van der Waals surface area contributed by atoms with E-state index >= 15 is 0 Å². The van der Waals surface area contributed by atoms with Crippen LogP contribution < -0.4 is 0 Å². The Morgan fingerprint density at radius 3 is 2.86 bits per heavy atom. The van der Waals surface area contributed by atoms with Gasteiger partial charge < -0.3 is 5.11 Å². The molecule has 114 valence electrons. The van der Waals surface area contributed by atoms with Crippen LogP contribution in [0.25, 0.3) is 6.08 Å². The van der Waals surface area contributed by atoms with Crippen LogP contribution in [0.15, 0.2) is 28.3 Å². The van der Waals surface area contributed by atoms with E-state index in [9.17, 15) is 14.5 Å². The maximum absolute atomic E-state index is 12.2. The van der Waals surface area contributed by atoms with E-state index in [0.29, 0.717) is 20.5 Å². The van der Waals surface area contributed by atoms with E-state index in [-0.39, 0.29) is 18.9 Å². The second-order valence-electron chi connectivity index (χ2n) is 4.61. The van der Waals surface area contributed by atoms with Gasteiger partial charge >= 0.3 is 5.97 Å². The number of aryl methyl sites for hydroxylation is 1. The number of carbonyl (C=O) groups is 2. The smallest absolute Gasteiger partial charge is 0.305 e. The van der Waals surface area contributed by atoms with Crippen molar-refractivity contribution in [3.8, 4) is 0 Å². The van der Waals surface area contributed by atoms with Crippen LogP contribution >= 0.6 is 24.0 Å². The largest absolute Gasteiger partial charge is 0.481 e. The Bertz CT molecular complexity index is 700. The predicted octanol–water partition coefficient (Wildman–Crippen LogP) is 3.07. The average Bonchev–Trinajstić information content (AvgIpc) is 2.73. The highest BCUT2D eigenvalue weighted by atomic mass is 32.2. The lowest BCUT2D eigenvalue weighted by Gasteiger charge is -2.12. The van der Waals surface area contributed by atoms with E-state index in [0.717, 1.165) is 17.3 Å². The number of thioether (sulfide) groups is 1. The van der Waals surface area contributed by atoms with Gasteiger partial charge in [0.15, 0.2) is 0 Å². The zero-order valence-electron chi connectivity index (χ0n) is 11.6. The number of hydrogen-bond acceptors (Lipinski definition) is 6. The van der Waals surface area contributed by atoms with Crippen molar-refractivity contribution in [2.24, 2.45) is 5.18 Å². The first-order valence-electron chi connectivity index (χ1n) is 6.33. The summed E-state index contributed by atoms with van der Waals surface area (Å²) < 4.78 is 0.332. The third-order valence-electron chi connectivity index (χ3n) is 3.05. The minimum atomic E-state index is -0.988. The minimum absolute atomic E-state index is 0.0480. The molecule has 8 heteroatoms. The van der Waals surface area contributed by atoms with Crippen LogP contribution in [0.1, 0.15) is 17.5 Å². The number of rotatable bonds is 5. The molecule has 1 aliphatic heterocycles. The van der Waals surface area contributed by atoms with Gasteiger partial charge in [0, 0.05) is 6.54 Å². The molecule has 0 aliphatic carbocycles. The predicted molar refractivity (Wildman–Crippen MR) is 88.8 cm³/mol. The highest BCUT2D eigenvalue weighted by Gasteiger charge is 2.32. The molecule has 1 heterocycles. The highest BCUT2D eigenvalue weighted by molar-refractivity contribution is 8.26. The molecule has 1 saturated heterocycles. The molecule has 0 saturated carbocycles. The Kier molecular flexibility index (Phi) is 5.04. The molecule has 22 heavy (non-hydrogen) atoms. The zero-order chi connectivity index (χ0) is 16.3. The van der Waals surface area contributed by atoms with Crippen molar-refractivity contribution in [3.63, 3.8) is 0 Å². The van der Waals surface area contributed by atoms with Crippen molar-refractivity contribution in [2.45, 2.75) is 13.3 Å². The fourth-order valence-electron chi connectivity index (χ4n) is 1.87. The molecule has 6 nitrogen and oxygen atoms in total. The maximum Gasteiger partial charge on any atom is 0.305 e.